The molecule has 0 radical (unpaired) electrons. The molecule has 1 aromatic rings. The molecule has 98 valence electrons. The van der Waals surface area contributed by atoms with E-state index in [1.807, 2.05) is 30.3 Å². The monoisotopic (exact) mass is 247 g/mol. The fraction of sp³-hybridized carbons (Fsp3) is 0.533. The van der Waals surface area contributed by atoms with E-state index in [4.69, 9.17) is 0 Å². The molecule has 1 heterocycles. The standard InChI is InChI=1S/C15H21NO2/c17-12-13-5-4-9-16(11-13)10-8-15(18)14-6-2-1-3-7-14/h1-3,6-7,13,17H,4-5,8-12H2. The summed E-state index contributed by atoms with van der Waals surface area (Å²) < 4.78 is 0. The Morgan fingerprint density at radius 1 is 1.33 bits per heavy atom. The van der Waals surface area contributed by atoms with Crippen molar-refractivity contribution in [2.24, 2.45) is 5.92 Å². The second-order valence-corrected chi connectivity index (χ2v) is 5.03. The molecule has 1 saturated heterocycles. The molecular formula is C15H21NO2. The number of likely N-dealkylation sites (tertiary alicyclic amines) is 1. The molecule has 3 heteroatoms. The highest BCUT2D eigenvalue weighted by Crippen LogP contribution is 2.16. The molecule has 0 saturated carbocycles. The number of aliphatic hydroxyl groups is 1. The van der Waals surface area contributed by atoms with Gasteiger partial charge in [0.25, 0.3) is 0 Å². The van der Waals surface area contributed by atoms with Gasteiger partial charge >= 0.3 is 0 Å². The third-order valence-electron chi connectivity index (χ3n) is 3.61. The number of piperidine rings is 1. The molecule has 0 aromatic heterocycles. The third kappa shape index (κ3) is 3.65. The number of nitrogens with zero attached hydrogens (tertiary/aromatic N) is 1. The van der Waals surface area contributed by atoms with Crippen LogP contribution in [0.4, 0.5) is 0 Å². The lowest BCUT2D eigenvalue weighted by molar-refractivity contribution is 0.0917. The fourth-order valence-electron chi connectivity index (χ4n) is 2.53. The molecular weight excluding hydrogens is 226 g/mol. The highest BCUT2D eigenvalue weighted by atomic mass is 16.3. The van der Waals surface area contributed by atoms with E-state index in [1.165, 1.54) is 0 Å². The predicted octanol–water partition coefficient (Wildman–Crippen LogP) is 1.96. The van der Waals surface area contributed by atoms with E-state index in [0.717, 1.165) is 38.0 Å². The van der Waals surface area contributed by atoms with Crippen molar-refractivity contribution in [3.63, 3.8) is 0 Å². The summed E-state index contributed by atoms with van der Waals surface area (Å²) in [6.45, 7) is 3.06. The first-order valence-corrected chi connectivity index (χ1v) is 6.71. The molecule has 18 heavy (non-hydrogen) atoms. The molecule has 2 rings (SSSR count). The van der Waals surface area contributed by atoms with Gasteiger partial charge in [-0.2, -0.15) is 0 Å². The van der Waals surface area contributed by atoms with Crippen LogP contribution >= 0.6 is 0 Å². The number of carbonyl (C=O) groups excluding carboxylic acids is 1. The van der Waals surface area contributed by atoms with Gasteiger partial charge in [0.05, 0.1) is 0 Å². The number of hydrogen-bond acceptors (Lipinski definition) is 3. The van der Waals surface area contributed by atoms with Crippen LogP contribution in [0.3, 0.4) is 0 Å². The molecule has 1 aromatic carbocycles. The first kappa shape index (κ1) is 13.2. The number of carbonyl (C=O) groups is 1. The van der Waals surface area contributed by atoms with Crippen molar-refractivity contribution in [2.75, 3.05) is 26.2 Å². The van der Waals surface area contributed by atoms with Crippen LogP contribution in [0.15, 0.2) is 30.3 Å². The van der Waals surface area contributed by atoms with Crippen LogP contribution in [0.25, 0.3) is 0 Å². The molecule has 1 aliphatic heterocycles. The zero-order valence-corrected chi connectivity index (χ0v) is 10.7. The van der Waals surface area contributed by atoms with Crippen LogP contribution in [0.5, 0.6) is 0 Å². The maximum Gasteiger partial charge on any atom is 0.164 e. The van der Waals surface area contributed by atoms with Gasteiger partial charge in [-0.25, -0.2) is 0 Å². The number of rotatable bonds is 5. The Morgan fingerprint density at radius 3 is 2.83 bits per heavy atom. The quantitative estimate of drug-likeness (QED) is 0.809. The average molecular weight is 247 g/mol. The molecule has 3 nitrogen and oxygen atoms in total. The lowest BCUT2D eigenvalue weighted by atomic mass is 9.98. The van der Waals surface area contributed by atoms with Gasteiger partial charge < -0.3 is 10.0 Å². The van der Waals surface area contributed by atoms with Gasteiger partial charge in [-0.15, -0.1) is 0 Å². The fourth-order valence-corrected chi connectivity index (χ4v) is 2.53. The number of ketones is 1. The SMILES string of the molecule is O=C(CCN1CCCC(CO)C1)c1ccccc1. The molecule has 1 fully saturated rings. The van der Waals surface area contributed by atoms with Crippen molar-refractivity contribution in [3.05, 3.63) is 35.9 Å². The zero-order chi connectivity index (χ0) is 12.8. The minimum atomic E-state index is 0.210. The van der Waals surface area contributed by atoms with Gasteiger partial charge in [0.1, 0.15) is 0 Å². The molecule has 1 aliphatic rings. The second-order valence-electron chi connectivity index (χ2n) is 5.03. The summed E-state index contributed by atoms with van der Waals surface area (Å²) in [7, 11) is 0. The van der Waals surface area contributed by atoms with Crippen molar-refractivity contribution >= 4 is 5.78 Å². The number of aliphatic hydroxyl groups excluding tert-OH is 1. The number of hydrogen-bond donors (Lipinski definition) is 1. The van der Waals surface area contributed by atoms with Crippen molar-refractivity contribution in [1.29, 1.82) is 0 Å². The molecule has 1 unspecified atom stereocenters. The van der Waals surface area contributed by atoms with E-state index in [0.29, 0.717) is 12.3 Å². The second kappa shape index (κ2) is 6.66. The van der Waals surface area contributed by atoms with Gasteiger partial charge in [0.15, 0.2) is 5.78 Å². The Morgan fingerprint density at radius 2 is 2.11 bits per heavy atom. The summed E-state index contributed by atoms with van der Waals surface area (Å²) in [5.41, 5.74) is 0.799. The maximum atomic E-state index is 12.0. The minimum Gasteiger partial charge on any atom is -0.396 e. The van der Waals surface area contributed by atoms with Crippen molar-refractivity contribution in [1.82, 2.24) is 4.90 Å². The molecule has 1 N–H and O–H groups in total. The summed E-state index contributed by atoms with van der Waals surface area (Å²) >= 11 is 0. The number of benzene rings is 1. The first-order valence-electron chi connectivity index (χ1n) is 6.71. The highest BCUT2D eigenvalue weighted by Gasteiger charge is 2.19. The molecule has 0 aliphatic carbocycles. The van der Waals surface area contributed by atoms with Crippen LogP contribution in [0, 0.1) is 5.92 Å². The van der Waals surface area contributed by atoms with Crippen LogP contribution in [-0.2, 0) is 0 Å². The highest BCUT2D eigenvalue weighted by molar-refractivity contribution is 5.96. The van der Waals surface area contributed by atoms with E-state index >= 15 is 0 Å². The molecule has 1 atom stereocenters. The molecule has 0 amide bonds. The van der Waals surface area contributed by atoms with Gasteiger partial charge in [0, 0.05) is 31.7 Å². The van der Waals surface area contributed by atoms with E-state index in [2.05, 4.69) is 4.90 Å². The Bertz CT molecular complexity index is 377. The lowest BCUT2D eigenvalue weighted by Crippen LogP contribution is -2.37. The van der Waals surface area contributed by atoms with Crippen molar-refractivity contribution < 1.29 is 9.90 Å². The first-order chi connectivity index (χ1) is 8.79. The summed E-state index contributed by atoms with van der Waals surface area (Å²) in [6, 6.07) is 9.46. The predicted molar refractivity (Wildman–Crippen MR) is 71.6 cm³/mol. The Hall–Kier alpha value is -1.19. The summed E-state index contributed by atoms with van der Waals surface area (Å²) in [5, 5.41) is 9.17. The Kier molecular flexibility index (Phi) is 4.90. The van der Waals surface area contributed by atoms with E-state index in [-0.39, 0.29) is 12.4 Å². The van der Waals surface area contributed by atoms with Crippen LogP contribution < -0.4 is 0 Å². The minimum absolute atomic E-state index is 0.210. The average Bonchev–Trinajstić information content (AvgIpc) is 2.46. The van der Waals surface area contributed by atoms with Crippen LogP contribution in [0.2, 0.25) is 0 Å². The zero-order valence-electron chi connectivity index (χ0n) is 10.7. The Balaban J connectivity index is 1.79. The summed E-state index contributed by atoms with van der Waals surface area (Å²) in [5.74, 6) is 0.604. The van der Waals surface area contributed by atoms with Crippen molar-refractivity contribution in [3.8, 4) is 0 Å². The number of Topliss-reactive ketones (excluding diaryl/α,β-unsaturated/α-hetero) is 1. The molecule has 0 spiro atoms. The van der Waals surface area contributed by atoms with Gasteiger partial charge in [-0.1, -0.05) is 30.3 Å². The smallest absolute Gasteiger partial charge is 0.164 e. The van der Waals surface area contributed by atoms with Crippen LogP contribution in [-0.4, -0.2) is 42.0 Å². The third-order valence-corrected chi connectivity index (χ3v) is 3.61. The van der Waals surface area contributed by atoms with Gasteiger partial charge in [-0.05, 0) is 25.3 Å². The van der Waals surface area contributed by atoms with E-state index in [9.17, 15) is 9.90 Å². The lowest BCUT2D eigenvalue weighted by Gasteiger charge is -2.31. The normalized spacial score (nSPS) is 20.8. The van der Waals surface area contributed by atoms with Gasteiger partial charge in [-0.3, -0.25) is 4.79 Å². The largest absolute Gasteiger partial charge is 0.396 e. The van der Waals surface area contributed by atoms with Gasteiger partial charge in [0.2, 0.25) is 0 Å². The summed E-state index contributed by atoms with van der Waals surface area (Å²) in [4.78, 5) is 14.3. The van der Waals surface area contributed by atoms with E-state index < -0.39 is 0 Å². The van der Waals surface area contributed by atoms with E-state index in [1.54, 1.807) is 0 Å². The maximum absolute atomic E-state index is 12.0. The Labute approximate surface area is 108 Å². The van der Waals surface area contributed by atoms with Crippen LogP contribution in [0.1, 0.15) is 29.6 Å². The molecule has 0 bridgehead atoms. The topological polar surface area (TPSA) is 40.5 Å². The summed E-state index contributed by atoms with van der Waals surface area (Å²) in [6.07, 6.45) is 2.81. The van der Waals surface area contributed by atoms with Crippen molar-refractivity contribution in [2.45, 2.75) is 19.3 Å².